The van der Waals surface area contributed by atoms with Crippen LogP contribution < -0.4 is 10.6 Å². The highest BCUT2D eigenvalue weighted by Gasteiger charge is 2.25. The second kappa shape index (κ2) is 10.1. The molecule has 1 heterocycles. The summed E-state index contributed by atoms with van der Waals surface area (Å²) in [5.41, 5.74) is -0.402. The Balaban J connectivity index is 0.00000441. The Morgan fingerprint density at radius 2 is 1.82 bits per heavy atom. The lowest BCUT2D eigenvalue weighted by Crippen LogP contribution is -2.47. The summed E-state index contributed by atoms with van der Waals surface area (Å²) in [5.74, 6) is 0.164. The van der Waals surface area contributed by atoms with E-state index in [1.165, 1.54) is 0 Å². The fourth-order valence-electron chi connectivity index (χ4n) is 2.56. The third-order valence-electron chi connectivity index (χ3n) is 3.84. The Labute approximate surface area is 141 Å². The fourth-order valence-corrected chi connectivity index (χ4v) is 2.56. The first-order chi connectivity index (χ1) is 9.86. The smallest absolute Gasteiger partial charge is 0.225 e. The molecule has 1 aliphatic heterocycles. The summed E-state index contributed by atoms with van der Waals surface area (Å²) in [7, 11) is 0. The first-order valence-electron chi connectivity index (χ1n) is 8.14. The minimum absolute atomic E-state index is 0. The Hall–Kier alpha value is -0.810. The van der Waals surface area contributed by atoms with E-state index in [1.807, 2.05) is 25.7 Å². The Morgan fingerprint density at radius 3 is 2.32 bits per heavy atom. The number of halogens is 1. The summed E-state index contributed by atoms with van der Waals surface area (Å²) in [5, 5.41) is 6.19. The predicted octanol–water partition coefficient (Wildman–Crippen LogP) is 1.95. The molecule has 0 aromatic heterocycles. The van der Waals surface area contributed by atoms with Crippen molar-refractivity contribution in [3.8, 4) is 0 Å². The molecule has 22 heavy (non-hydrogen) atoms. The standard InChI is InChI=1S/C16H31N3O2.ClH/c1-5-12-19(13-6-9-17-10-7-13)14(20)8-11-18-15(21)16(2,3)4;/h13,17H,5-12H2,1-4H3,(H,18,21);1H. The van der Waals surface area contributed by atoms with E-state index in [1.54, 1.807) is 0 Å². The molecule has 0 spiro atoms. The van der Waals surface area contributed by atoms with Crippen molar-refractivity contribution in [2.75, 3.05) is 26.2 Å². The molecule has 5 nitrogen and oxygen atoms in total. The number of piperidine rings is 1. The average Bonchev–Trinajstić information content (AvgIpc) is 2.44. The first-order valence-corrected chi connectivity index (χ1v) is 8.14. The molecule has 0 saturated carbocycles. The van der Waals surface area contributed by atoms with E-state index >= 15 is 0 Å². The van der Waals surface area contributed by atoms with Crippen molar-refractivity contribution < 1.29 is 9.59 Å². The number of hydrogen-bond acceptors (Lipinski definition) is 3. The van der Waals surface area contributed by atoms with Gasteiger partial charge in [0.25, 0.3) is 0 Å². The topological polar surface area (TPSA) is 61.4 Å². The van der Waals surface area contributed by atoms with Crippen LogP contribution in [0.2, 0.25) is 0 Å². The van der Waals surface area contributed by atoms with Gasteiger partial charge >= 0.3 is 0 Å². The molecule has 0 aromatic rings. The minimum Gasteiger partial charge on any atom is -0.355 e. The molecule has 0 unspecified atom stereocenters. The maximum Gasteiger partial charge on any atom is 0.225 e. The summed E-state index contributed by atoms with van der Waals surface area (Å²) in [6.45, 7) is 10.9. The Kier molecular flexibility index (Phi) is 9.69. The van der Waals surface area contributed by atoms with E-state index in [2.05, 4.69) is 17.6 Å². The van der Waals surface area contributed by atoms with Crippen LogP contribution in [0.25, 0.3) is 0 Å². The van der Waals surface area contributed by atoms with Crippen molar-refractivity contribution >= 4 is 24.2 Å². The van der Waals surface area contributed by atoms with Gasteiger partial charge in [-0.25, -0.2) is 0 Å². The van der Waals surface area contributed by atoms with Gasteiger partial charge in [0.1, 0.15) is 0 Å². The number of rotatable bonds is 6. The molecule has 0 radical (unpaired) electrons. The van der Waals surface area contributed by atoms with Gasteiger partial charge in [-0.15, -0.1) is 12.4 Å². The van der Waals surface area contributed by atoms with Gasteiger partial charge in [0.05, 0.1) is 0 Å². The Bertz CT molecular complexity index is 350. The third-order valence-corrected chi connectivity index (χ3v) is 3.84. The van der Waals surface area contributed by atoms with Gasteiger partial charge in [0, 0.05) is 31.0 Å². The molecule has 130 valence electrons. The van der Waals surface area contributed by atoms with Crippen LogP contribution >= 0.6 is 12.4 Å². The number of nitrogens with one attached hydrogen (secondary N) is 2. The average molecular weight is 334 g/mol. The largest absolute Gasteiger partial charge is 0.355 e. The fraction of sp³-hybridized carbons (Fsp3) is 0.875. The monoisotopic (exact) mass is 333 g/mol. The molecular weight excluding hydrogens is 302 g/mol. The summed E-state index contributed by atoms with van der Waals surface area (Å²) >= 11 is 0. The lowest BCUT2D eigenvalue weighted by atomic mass is 9.96. The molecule has 0 bridgehead atoms. The maximum absolute atomic E-state index is 12.4. The van der Waals surface area contributed by atoms with Gasteiger partial charge in [0.2, 0.25) is 11.8 Å². The van der Waals surface area contributed by atoms with Crippen LogP contribution in [0, 0.1) is 5.41 Å². The van der Waals surface area contributed by atoms with E-state index < -0.39 is 5.41 Å². The van der Waals surface area contributed by atoms with Crippen molar-refractivity contribution in [1.29, 1.82) is 0 Å². The normalized spacial score (nSPS) is 15.8. The maximum atomic E-state index is 12.4. The predicted molar refractivity (Wildman–Crippen MR) is 92.2 cm³/mol. The minimum atomic E-state index is -0.402. The molecular formula is C16H32ClN3O2. The molecule has 1 rings (SSSR count). The van der Waals surface area contributed by atoms with Crippen LogP contribution in [0.5, 0.6) is 0 Å². The summed E-state index contributed by atoms with van der Waals surface area (Å²) < 4.78 is 0. The Morgan fingerprint density at radius 1 is 1.23 bits per heavy atom. The molecule has 0 aliphatic carbocycles. The van der Waals surface area contributed by atoms with Crippen LogP contribution in [0.4, 0.5) is 0 Å². The van der Waals surface area contributed by atoms with Crippen LogP contribution in [0.1, 0.15) is 53.4 Å². The lowest BCUT2D eigenvalue weighted by molar-refractivity contribution is -0.134. The second-order valence-electron chi connectivity index (χ2n) is 6.82. The molecule has 1 aliphatic rings. The van der Waals surface area contributed by atoms with E-state index in [0.29, 0.717) is 19.0 Å². The van der Waals surface area contributed by atoms with E-state index in [9.17, 15) is 9.59 Å². The van der Waals surface area contributed by atoms with Gasteiger partial charge in [-0.3, -0.25) is 9.59 Å². The van der Waals surface area contributed by atoms with Gasteiger partial charge < -0.3 is 15.5 Å². The highest BCUT2D eigenvalue weighted by molar-refractivity contribution is 5.85. The summed E-state index contributed by atoms with van der Waals surface area (Å²) in [4.78, 5) is 26.2. The first kappa shape index (κ1) is 21.2. The van der Waals surface area contributed by atoms with Crippen LogP contribution in [0.3, 0.4) is 0 Å². The third kappa shape index (κ3) is 6.97. The van der Waals surface area contributed by atoms with E-state index in [0.717, 1.165) is 38.9 Å². The van der Waals surface area contributed by atoms with E-state index in [-0.39, 0.29) is 24.2 Å². The molecule has 0 atom stereocenters. The van der Waals surface area contributed by atoms with Gasteiger partial charge in [-0.05, 0) is 32.4 Å². The SMILES string of the molecule is CCCN(C(=O)CCNC(=O)C(C)(C)C)C1CCNCC1.Cl. The van der Waals surface area contributed by atoms with Crippen molar-refractivity contribution in [3.05, 3.63) is 0 Å². The van der Waals surface area contributed by atoms with Gasteiger partial charge in [-0.1, -0.05) is 27.7 Å². The zero-order valence-electron chi connectivity index (χ0n) is 14.4. The highest BCUT2D eigenvalue weighted by atomic mass is 35.5. The second-order valence-corrected chi connectivity index (χ2v) is 6.82. The molecule has 1 fully saturated rings. The molecule has 1 saturated heterocycles. The number of carbonyl (C=O) groups is 2. The molecule has 0 aromatic carbocycles. The number of nitrogens with zero attached hydrogens (tertiary/aromatic N) is 1. The van der Waals surface area contributed by atoms with Crippen LogP contribution in [-0.4, -0.2) is 48.9 Å². The van der Waals surface area contributed by atoms with Crippen molar-refractivity contribution in [1.82, 2.24) is 15.5 Å². The van der Waals surface area contributed by atoms with Crippen molar-refractivity contribution in [3.63, 3.8) is 0 Å². The molecule has 6 heteroatoms. The van der Waals surface area contributed by atoms with Gasteiger partial charge in [-0.2, -0.15) is 0 Å². The van der Waals surface area contributed by atoms with Gasteiger partial charge in [0.15, 0.2) is 0 Å². The zero-order chi connectivity index (χ0) is 15.9. The molecule has 2 N–H and O–H groups in total. The quantitative estimate of drug-likeness (QED) is 0.781. The molecule has 2 amide bonds. The number of amides is 2. The number of carbonyl (C=O) groups excluding carboxylic acids is 2. The lowest BCUT2D eigenvalue weighted by Gasteiger charge is -2.34. The van der Waals surface area contributed by atoms with Crippen LogP contribution in [0.15, 0.2) is 0 Å². The highest BCUT2D eigenvalue weighted by Crippen LogP contribution is 2.14. The summed E-state index contributed by atoms with van der Waals surface area (Å²) in [6.07, 6.45) is 3.43. The van der Waals surface area contributed by atoms with E-state index in [4.69, 9.17) is 0 Å². The zero-order valence-corrected chi connectivity index (χ0v) is 15.2. The van der Waals surface area contributed by atoms with Crippen LogP contribution in [-0.2, 0) is 9.59 Å². The van der Waals surface area contributed by atoms with Crippen molar-refractivity contribution in [2.24, 2.45) is 5.41 Å². The summed E-state index contributed by atoms with van der Waals surface area (Å²) in [6, 6.07) is 0.358. The number of hydrogen-bond donors (Lipinski definition) is 2. The van der Waals surface area contributed by atoms with Crippen molar-refractivity contribution in [2.45, 2.75) is 59.4 Å².